The molecule has 0 spiro atoms. The number of rotatable bonds is 1. The van der Waals surface area contributed by atoms with Crippen molar-refractivity contribution in [2.45, 2.75) is 16.0 Å². The van der Waals surface area contributed by atoms with Crippen molar-refractivity contribution in [1.82, 2.24) is 4.98 Å². The van der Waals surface area contributed by atoms with Crippen LogP contribution in [0.25, 0.3) is 32.3 Å². The van der Waals surface area contributed by atoms with Crippen LogP contribution in [-0.4, -0.2) is 4.98 Å². The van der Waals surface area contributed by atoms with Crippen molar-refractivity contribution in [1.29, 1.82) is 0 Å². The summed E-state index contributed by atoms with van der Waals surface area (Å²) in [4.78, 5) is 7.32. The first-order valence-electron chi connectivity index (χ1n) is 8.76. The number of hydrogen-bond acceptors (Lipinski definition) is 3. The summed E-state index contributed by atoms with van der Waals surface area (Å²) in [7, 11) is 0. The first-order valence-corrected chi connectivity index (χ1v) is 12.0. The third kappa shape index (κ3) is 3.64. The van der Waals surface area contributed by atoms with E-state index in [-0.39, 0.29) is 0 Å². The first-order chi connectivity index (χ1) is 14.3. The van der Waals surface area contributed by atoms with Gasteiger partial charge in [0.2, 0.25) is 0 Å². The van der Waals surface area contributed by atoms with E-state index < -0.39 is 11.7 Å². The summed E-state index contributed by atoms with van der Waals surface area (Å²) >= 11 is 9.92. The van der Waals surface area contributed by atoms with E-state index in [1.807, 2.05) is 42.5 Å². The van der Waals surface area contributed by atoms with E-state index in [9.17, 15) is 13.2 Å². The molecule has 0 unspecified atom stereocenters. The van der Waals surface area contributed by atoms with Gasteiger partial charge in [-0.1, -0.05) is 67.9 Å². The maximum absolute atomic E-state index is 13.3. The quantitative estimate of drug-likeness (QED) is 0.200. The summed E-state index contributed by atoms with van der Waals surface area (Å²) in [5.41, 5.74) is 2.71. The number of alkyl halides is 3. The highest BCUT2D eigenvalue weighted by Gasteiger charge is 2.33. The molecule has 0 bridgehead atoms. The van der Waals surface area contributed by atoms with Crippen molar-refractivity contribution in [2.75, 3.05) is 0 Å². The van der Waals surface area contributed by atoms with E-state index in [0.29, 0.717) is 10.6 Å². The van der Waals surface area contributed by atoms with Gasteiger partial charge in [0, 0.05) is 35.4 Å². The van der Waals surface area contributed by atoms with Gasteiger partial charge in [0.1, 0.15) is 5.01 Å². The molecule has 4 aromatic rings. The van der Waals surface area contributed by atoms with Crippen molar-refractivity contribution in [3.05, 3.63) is 75.2 Å². The molecule has 30 heavy (non-hydrogen) atoms. The van der Waals surface area contributed by atoms with Crippen molar-refractivity contribution in [3.63, 3.8) is 0 Å². The highest BCUT2D eigenvalue weighted by molar-refractivity contribution is 9.11. The monoisotopic (exact) mass is 567 g/mol. The standard InChI is InChI=1S/C22H10Br2F3NS2/c23-13-7-11(8-14(24)10-13)21-28-19-15-6-5-12(22(25,26)27)9-18(15)29-17-4-2-1-3-16(17)20(19)30-21/h1-10H. The summed E-state index contributed by atoms with van der Waals surface area (Å²) in [5.74, 6) is 0. The van der Waals surface area contributed by atoms with Gasteiger partial charge in [-0.2, -0.15) is 13.2 Å². The fraction of sp³-hybridized carbons (Fsp3) is 0.0455. The van der Waals surface area contributed by atoms with Crippen LogP contribution >= 0.6 is 55.0 Å². The van der Waals surface area contributed by atoms with E-state index in [1.165, 1.54) is 23.9 Å². The Labute approximate surface area is 195 Å². The van der Waals surface area contributed by atoms with Crippen molar-refractivity contribution >= 4 is 55.0 Å². The van der Waals surface area contributed by atoms with Gasteiger partial charge < -0.3 is 0 Å². The van der Waals surface area contributed by atoms with Gasteiger partial charge in [-0.05, 0) is 36.4 Å². The van der Waals surface area contributed by atoms with Gasteiger partial charge in [0.05, 0.1) is 16.1 Å². The molecule has 1 aliphatic heterocycles. The molecule has 1 nitrogen and oxygen atoms in total. The summed E-state index contributed by atoms with van der Waals surface area (Å²) in [6.45, 7) is 0. The minimum Gasteiger partial charge on any atom is -0.235 e. The molecule has 2 heterocycles. The third-order valence-electron chi connectivity index (χ3n) is 4.65. The predicted molar refractivity (Wildman–Crippen MR) is 123 cm³/mol. The average molecular weight is 569 g/mol. The van der Waals surface area contributed by atoms with Crippen LogP contribution in [0.5, 0.6) is 0 Å². The Balaban J connectivity index is 1.77. The summed E-state index contributed by atoms with van der Waals surface area (Å²) in [6.07, 6.45) is -4.39. The Kier molecular flexibility index (Phi) is 5.08. The lowest BCUT2D eigenvalue weighted by molar-refractivity contribution is -0.137. The molecule has 0 amide bonds. The molecule has 0 aliphatic carbocycles. The number of fused-ring (bicyclic) bond motifs is 5. The van der Waals surface area contributed by atoms with E-state index in [0.717, 1.165) is 46.5 Å². The Morgan fingerprint density at radius 2 is 1.53 bits per heavy atom. The normalized spacial score (nSPS) is 12.7. The maximum Gasteiger partial charge on any atom is 0.416 e. The van der Waals surface area contributed by atoms with Crippen LogP contribution in [0.15, 0.2) is 79.4 Å². The molecule has 0 N–H and O–H groups in total. The summed E-state index contributed by atoms with van der Waals surface area (Å²) in [5, 5.41) is 0.814. The van der Waals surface area contributed by atoms with Crippen LogP contribution in [0.3, 0.4) is 0 Å². The molecule has 8 heteroatoms. The van der Waals surface area contributed by atoms with Crippen molar-refractivity contribution < 1.29 is 13.2 Å². The number of thiazole rings is 1. The maximum atomic E-state index is 13.3. The lowest BCUT2D eigenvalue weighted by Gasteiger charge is -2.11. The van der Waals surface area contributed by atoms with E-state index in [2.05, 4.69) is 31.9 Å². The van der Waals surface area contributed by atoms with Crippen LogP contribution in [0.4, 0.5) is 13.2 Å². The molecule has 1 aromatic heterocycles. The highest BCUT2D eigenvalue weighted by atomic mass is 79.9. The molecule has 0 fully saturated rings. The largest absolute Gasteiger partial charge is 0.416 e. The second-order valence-corrected chi connectivity index (χ2v) is 10.6. The van der Waals surface area contributed by atoms with Gasteiger partial charge in [-0.25, -0.2) is 4.98 Å². The molecule has 3 aromatic carbocycles. The molecule has 0 atom stereocenters. The third-order valence-corrected chi connectivity index (χ3v) is 7.84. The highest BCUT2D eigenvalue weighted by Crippen LogP contribution is 2.52. The topological polar surface area (TPSA) is 12.9 Å². The lowest BCUT2D eigenvalue weighted by atomic mass is 10.0. The molecular formula is C22H10Br2F3NS2. The number of nitrogens with zero attached hydrogens (tertiary/aromatic N) is 1. The Hall–Kier alpha value is -1.61. The van der Waals surface area contributed by atoms with Crippen LogP contribution in [0, 0.1) is 0 Å². The van der Waals surface area contributed by atoms with Crippen LogP contribution in [0.1, 0.15) is 5.56 Å². The molecular weight excluding hydrogens is 559 g/mol. The van der Waals surface area contributed by atoms with Gasteiger partial charge in [-0.3, -0.25) is 0 Å². The number of benzene rings is 3. The predicted octanol–water partition coefficient (Wildman–Crippen LogP) is 9.15. The van der Waals surface area contributed by atoms with Gasteiger partial charge in [0.15, 0.2) is 0 Å². The Morgan fingerprint density at radius 3 is 2.27 bits per heavy atom. The van der Waals surface area contributed by atoms with Crippen molar-refractivity contribution in [3.8, 4) is 32.3 Å². The summed E-state index contributed by atoms with van der Waals surface area (Å²) < 4.78 is 41.8. The average Bonchev–Trinajstić information content (AvgIpc) is 3.07. The van der Waals surface area contributed by atoms with Gasteiger partial charge in [-0.15, -0.1) is 11.3 Å². The number of hydrogen-bond donors (Lipinski definition) is 0. The lowest BCUT2D eigenvalue weighted by Crippen LogP contribution is -2.04. The van der Waals surface area contributed by atoms with E-state index >= 15 is 0 Å². The number of halogens is 5. The van der Waals surface area contributed by atoms with Crippen LogP contribution in [0.2, 0.25) is 0 Å². The smallest absolute Gasteiger partial charge is 0.235 e. The zero-order valence-electron chi connectivity index (χ0n) is 14.9. The minimum absolute atomic E-state index is 0.559. The fourth-order valence-electron chi connectivity index (χ4n) is 3.33. The van der Waals surface area contributed by atoms with Crippen LogP contribution < -0.4 is 0 Å². The molecule has 0 radical (unpaired) electrons. The minimum atomic E-state index is -4.39. The second kappa shape index (κ2) is 7.51. The van der Waals surface area contributed by atoms with Crippen molar-refractivity contribution in [2.24, 2.45) is 0 Å². The second-order valence-electron chi connectivity index (χ2n) is 6.66. The van der Waals surface area contributed by atoms with Gasteiger partial charge in [0.25, 0.3) is 0 Å². The van der Waals surface area contributed by atoms with Gasteiger partial charge >= 0.3 is 6.18 Å². The number of aromatic nitrogens is 1. The molecule has 0 saturated carbocycles. The molecule has 150 valence electrons. The molecule has 5 rings (SSSR count). The first kappa shape index (κ1) is 20.3. The molecule has 0 saturated heterocycles. The Bertz CT molecular complexity index is 1280. The Morgan fingerprint density at radius 1 is 0.800 bits per heavy atom. The summed E-state index contributed by atoms with van der Waals surface area (Å²) in [6, 6.07) is 17.6. The van der Waals surface area contributed by atoms with E-state index in [1.54, 1.807) is 11.3 Å². The van der Waals surface area contributed by atoms with Crippen LogP contribution in [-0.2, 0) is 6.18 Å². The fourth-order valence-corrected chi connectivity index (χ4v) is 6.92. The zero-order chi connectivity index (χ0) is 21.0. The van der Waals surface area contributed by atoms with E-state index in [4.69, 9.17) is 4.98 Å². The zero-order valence-corrected chi connectivity index (χ0v) is 19.7. The molecule has 1 aliphatic rings. The SMILES string of the molecule is FC(F)(F)c1ccc2c(c1)Sc1ccccc1-c1sc(-c3cc(Br)cc(Br)c3)nc1-2.